The molecular formula is C21H21FN8O2. The minimum absolute atomic E-state index is 0.166. The van der Waals surface area contributed by atoms with Crippen molar-refractivity contribution in [2.24, 2.45) is 5.92 Å². The maximum Gasteiger partial charge on any atom is 0.326 e. The largest absolute Gasteiger partial charge is 0.421 e. The van der Waals surface area contributed by atoms with E-state index in [1.807, 2.05) is 0 Å². The number of hydrogen-bond acceptors (Lipinski definition) is 9. The molecule has 2 aliphatic heterocycles. The predicted molar refractivity (Wildman–Crippen MR) is 116 cm³/mol. The van der Waals surface area contributed by atoms with Crippen molar-refractivity contribution in [1.29, 1.82) is 0 Å². The van der Waals surface area contributed by atoms with Crippen molar-refractivity contribution in [2.75, 3.05) is 37.0 Å². The Morgan fingerprint density at radius 3 is 2.84 bits per heavy atom. The third-order valence-corrected chi connectivity index (χ3v) is 5.99. The molecule has 6 rings (SSSR count). The quantitative estimate of drug-likeness (QED) is 0.444. The summed E-state index contributed by atoms with van der Waals surface area (Å²) in [6.45, 7) is 3.92. The molecule has 0 bridgehead atoms. The van der Waals surface area contributed by atoms with E-state index in [0.717, 1.165) is 17.4 Å². The number of nitrogens with zero attached hydrogens (tertiary/aromatic N) is 5. The average molecular weight is 436 g/mol. The van der Waals surface area contributed by atoms with Crippen molar-refractivity contribution < 1.29 is 14.0 Å². The number of aromatic nitrogens is 5. The van der Waals surface area contributed by atoms with E-state index < -0.39 is 0 Å². The van der Waals surface area contributed by atoms with Gasteiger partial charge in [0, 0.05) is 31.4 Å². The van der Waals surface area contributed by atoms with Gasteiger partial charge in [0.15, 0.2) is 5.75 Å². The third-order valence-electron chi connectivity index (χ3n) is 5.99. The Bertz CT molecular complexity index is 1310. The number of nitrogens with one attached hydrogen (secondary N) is 3. The number of anilines is 2. The zero-order chi connectivity index (χ0) is 21.8. The molecule has 5 heterocycles. The predicted octanol–water partition coefficient (Wildman–Crippen LogP) is 2.52. The van der Waals surface area contributed by atoms with E-state index in [1.54, 1.807) is 26.4 Å². The molecule has 0 spiro atoms. The fraction of sp³-hybridized carbons (Fsp3) is 0.333. The molecule has 10 nitrogen and oxygen atoms in total. The lowest BCUT2D eigenvalue weighted by Gasteiger charge is -2.20. The zero-order valence-corrected chi connectivity index (χ0v) is 17.5. The second-order valence-corrected chi connectivity index (χ2v) is 8.07. The van der Waals surface area contributed by atoms with Crippen LogP contribution in [0.1, 0.15) is 5.82 Å². The second kappa shape index (κ2) is 7.24. The van der Waals surface area contributed by atoms with Crippen LogP contribution in [0.15, 0.2) is 24.5 Å². The minimum Gasteiger partial charge on any atom is -0.421 e. The van der Waals surface area contributed by atoms with Crippen LogP contribution < -0.4 is 20.4 Å². The van der Waals surface area contributed by atoms with Crippen molar-refractivity contribution >= 4 is 33.4 Å². The highest BCUT2D eigenvalue weighted by Crippen LogP contribution is 2.39. The molecule has 4 aromatic rings. The summed E-state index contributed by atoms with van der Waals surface area (Å²) >= 11 is 0. The number of H-pyrrole nitrogens is 1. The molecule has 0 radical (unpaired) electrons. The molecule has 0 amide bonds. The number of aromatic amines is 1. The van der Waals surface area contributed by atoms with Crippen molar-refractivity contribution in [2.45, 2.75) is 13.0 Å². The van der Waals surface area contributed by atoms with Gasteiger partial charge in [0.05, 0.1) is 41.6 Å². The van der Waals surface area contributed by atoms with Gasteiger partial charge < -0.3 is 24.8 Å². The molecular weight excluding hydrogens is 415 g/mol. The first-order valence-electron chi connectivity index (χ1n) is 10.4. The Kier molecular flexibility index (Phi) is 4.33. The summed E-state index contributed by atoms with van der Waals surface area (Å²) in [5.41, 5.74) is 5.05. The number of fused-ring (bicyclic) bond motifs is 4. The van der Waals surface area contributed by atoms with Gasteiger partial charge in [-0.3, -0.25) is 0 Å². The number of rotatable bonds is 4. The first-order valence-corrected chi connectivity index (χ1v) is 10.4. The molecule has 0 aliphatic carbocycles. The van der Waals surface area contributed by atoms with Gasteiger partial charge in [-0.25, -0.2) is 14.4 Å². The van der Waals surface area contributed by atoms with E-state index >= 15 is 0 Å². The Balaban J connectivity index is 1.53. The maximum atomic E-state index is 14.4. The summed E-state index contributed by atoms with van der Waals surface area (Å²) in [5, 5.41) is 4.51. The number of halogens is 1. The van der Waals surface area contributed by atoms with Gasteiger partial charge in [-0.05, 0) is 19.1 Å². The number of benzene rings is 1. The van der Waals surface area contributed by atoms with Crippen molar-refractivity contribution in [3.05, 3.63) is 36.2 Å². The van der Waals surface area contributed by atoms with Gasteiger partial charge in [-0.1, -0.05) is 0 Å². The molecule has 164 valence electrons. The van der Waals surface area contributed by atoms with Crippen molar-refractivity contribution in [1.82, 2.24) is 30.4 Å². The second-order valence-electron chi connectivity index (χ2n) is 8.07. The van der Waals surface area contributed by atoms with Gasteiger partial charge in [-0.2, -0.15) is 15.4 Å². The Morgan fingerprint density at radius 2 is 2.06 bits per heavy atom. The monoisotopic (exact) mass is 436 g/mol. The van der Waals surface area contributed by atoms with Crippen LogP contribution in [-0.4, -0.2) is 57.7 Å². The summed E-state index contributed by atoms with van der Waals surface area (Å²) in [6, 6.07) is 3.34. The van der Waals surface area contributed by atoms with Crippen molar-refractivity contribution in [3.63, 3.8) is 0 Å². The minimum atomic E-state index is -0.334. The van der Waals surface area contributed by atoms with Crippen LogP contribution in [0, 0.1) is 18.7 Å². The lowest BCUT2D eigenvalue weighted by Crippen LogP contribution is -2.30. The molecule has 2 fully saturated rings. The molecule has 2 atom stereocenters. The van der Waals surface area contributed by atoms with Crippen LogP contribution in [0.3, 0.4) is 0 Å². The van der Waals surface area contributed by atoms with Gasteiger partial charge in [0.25, 0.3) is 0 Å². The summed E-state index contributed by atoms with van der Waals surface area (Å²) < 4.78 is 20.3. The van der Waals surface area contributed by atoms with E-state index in [0.29, 0.717) is 53.2 Å². The van der Waals surface area contributed by atoms with Gasteiger partial charge in [0.1, 0.15) is 23.1 Å². The molecule has 0 saturated carbocycles. The smallest absolute Gasteiger partial charge is 0.326 e. The van der Waals surface area contributed by atoms with Crippen LogP contribution in [0.2, 0.25) is 0 Å². The summed E-state index contributed by atoms with van der Waals surface area (Å²) in [6.07, 6.45) is 3.16. The van der Waals surface area contributed by atoms with Crippen LogP contribution in [0.25, 0.3) is 21.9 Å². The van der Waals surface area contributed by atoms with Gasteiger partial charge >= 0.3 is 6.01 Å². The highest BCUT2D eigenvalue weighted by molar-refractivity contribution is 6.14. The summed E-state index contributed by atoms with van der Waals surface area (Å²) in [7, 11) is 1.76. The van der Waals surface area contributed by atoms with Crippen molar-refractivity contribution in [3.8, 4) is 11.8 Å². The third kappa shape index (κ3) is 3.09. The van der Waals surface area contributed by atoms with Crippen LogP contribution in [-0.2, 0) is 4.84 Å². The molecule has 2 unspecified atom stereocenters. The first-order chi connectivity index (χ1) is 15.6. The van der Waals surface area contributed by atoms with Gasteiger partial charge in [0.2, 0.25) is 0 Å². The Morgan fingerprint density at radius 1 is 1.22 bits per heavy atom. The lowest BCUT2D eigenvalue weighted by atomic mass is 10.1. The Labute approximate surface area is 182 Å². The molecule has 3 N–H and O–H groups in total. The Hall–Kier alpha value is -3.57. The molecule has 2 saturated heterocycles. The molecule has 1 aromatic carbocycles. The molecule has 32 heavy (non-hydrogen) atoms. The van der Waals surface area contributed by atoms with E-state index in [-0.39, 0.29) is 17.9 Å². The lowest BCUT2D eigenvalue weighted by molar-refractivity contribution is 0.0846. The summed E-state index contributed by atoms with van der Waals surface area (Å²) in [5.74, 6) is 1.79. The zero-order valence-electron chi connectivity index (χ0n) is 17.5. The normalized spacial score (nSPS) is 20.3. The van der Waals surface area contributed by atoms with E-state index in [1.165, 1.54) is 12.1 Å². The first kappa shape index (κ1) is 19.1. The number of hydrogen-bond donors (Lipinski definition) is 3. The van der Waals surface area contributed by atoms with E-state index in [4.69, 9.17) is 14.6 Å². The summed E-state index contributed by atoms with van der Waals surface area (Å²) in [4.78, 5) is 28.5. The van der Waals surface area contributed by atoms with Crippen LogP contribution >= 0.6 is 0 Å². The topological polar surface area (TPSA) is 113 Å². The van der Waals surface area contributed by atoms with Gasteiger partial charge in [-0.15, -0.1) is 0 Å². The molecule has 2 aliphatic rings. The fourth-order valence-electron chi connectivity index (χ4n) is 4.44. The highest BCUT2D eigenvalue weighted by atomic mass is 19.1. The SMILES string of the molecule is CNc1cc(F)cc2c1[nH]c1nc(Oc3cnc(C)nc3)nc(N3CC4CONC4C3)c12. The molecule has 3 aromatic heterocycles. The van der Waals surface area contributed by atoms with Crippen LogP contribution in [0.4, 0.5) is 15.9 Å². The number of ether oxygens (including phenoxy) is 1. The standard InChI is InChI=1S/C21H21FN8O2/c1-10-24-5-13(6-25-10)32-21-27-19-17(14-3-12(22)4-15(23-2)18(14)26-19)20(28-21)30-7-11-9-31-29-16(11)8-30/h3-6,11,16,23,29H,7-9H2,1-2H3,(H,26,27,28). The average Bonchev–Trinajstić information content (AvgIpc) is 3.47. The van der Waals surface area contributed by atoms with E-state index in [2.05, 4.69) is 35.6 Å². The maximum absolute atomic E-state index is 14.4. The fourth-order valence-corrected chi connectivity index (χ4v) is 4.44. The number of aryl methyl sites for hydroxylation is 1. The van der Waals surface area contributed by atoms with E-state index in [9.17, 15) is 4.39 Å². The van der Waals surface area contributed by atoms with Crippen LogP contribution in [0.5, 0.6) is 11.8 Å². The highest BCUT2D eigenvalue weighted by Gasteiger charge is 2.39. The number of hydroxylamine groups is 1. The molecule has 11 heteroatoms.